The van der Waals surface area contributed by atoms with Gasteiger partial charge in [0.05, 0.1) is 19.0 Å². The summed E-state index contributed by atoms with van der Waals surface area (Å²) in [6.07, 6.45) is 9.31. The number of aromatic nitrogens is 2. The van der Waals surface area contributed by atoms with Crippen molar-refractivity contribution in [2.24, 2.45) is 7.05 Å². The molecule has 29 heavy (non-hydrogen) atoms. The van der Waals surface area contributed by atoms with Crippen LogP contribution < -0.4 is 20.3 Å². The smallest absolute Gasteiger partial charge is 0.315 e. The van der Waals surface area contributed by atoms with E-state index >= 15 is 0 Å². The molecule has 2 aromatic rings. The second kappa shape index (κ2) is 8.35. The van der Waals surface area contributed by atoms with Crippen LogP contribution in [0.2, 0.25) is 0 Å². The maximum absolute atomic E-state index is 12.6. The van der Waals surface area contributed by atoms with Crippen LogP contribution in [-0.2, 0) is 12.5 Å². The molecule has 0 bridgehead atoms. The summed E-state index contributed by atoms with van der Waals surface area (Å²) < 4.78 is 7.38. The molecule has 1 aromatic carbocycles. The number of para-hydroxylation sites is 1. The number of nitrogens with zero attached hydrogens (tertiary/aromatic N) is 3. The highest BCUT2D eigenvalue weighted by Crippen LogP contribution is 2.46. The number of urea groups is 1. The Labute approximate surface area is 172 Å². The minimum atomic E-state index is -0.0794. The van der Waals surface area contributed by atoms with Crippen molar-refractivity contribution in [3.8, 4) is 5.75 Å². The number of aryl methyl sites for hydroxylation is 1. The summed E-state index contributed by atoms with van der Waals surface area (Å²) in [5.41, 5.74) is 2.30. The van der Waals surface area contributed by atoms with E-state index in [1.807, 2.05) is 42.3 Å². The van der Waals surface area contributed by atoms with E-state index in [0.717, 1.165) is 50.2 Å². The van der Waals surface area contributed by atoms with Gasteiger partial charge in [0.1, 0.15) is 5.75 Å². The zero-order valence-electron chi connectivity index (χ0n) is 17.4. The van der Waals surface area contributed by atoms with Crippen molar-refractivity contribution in [2.75, 3.05) is 31.6 Å². The van der Waals surface area contributed by atoms with Gasteiger partial charge in [0.2, 0.25) is 0 Å². The molecule has 1 atom stereocenters. The van der Waals surface area contributed by atoms with Crippen molar-refractivity contribution < 1.29 is 9.53 Å². The van der Waals surface area contributed by atoms with Gasteiger partial charge in [-0.3, -0.25) is 4.68 Å². The Bertz CT molecular complexity index is 845. The fourth-order valence-corrected chi connectivity index (χ4v) is 4.61. The summed E-state index contributed by atoms with van der Waals surface area (Å²) in [5.74, 6) is 0.911. The monoisotopic (exact) mass is 397 g/mol. The molecule has 2 fully saturated rings. The first-order valence-corrected chi connectivity index (χ1v) is 10.5. The number of anilines is 1. The van der Waals surface area contributed by atoms with Crippen molar-refractivity contribution in [1.29, 1.82) is 0 Å². The first-order valence-electron chi connectivity index (χ1n) is 10.5. The lowest BCUT2D eigenvalue weighted by Crippen LogP contribution is -2.53. The number of methoxy groups -OCH3 is 1. The van der Waals surface area contributed by atoms with Gasteiger partial charge in [0.15, 0.2) is 0 Å². The first-order chi connectivity index (χ1) is 14.1. The van der Waals surface area contributed by atoms with Crippen molar-refractivity contribution in [1.82, 2.24) is 20.4 Å². The topological polar surface area (TPSA) is 71.4 Å². The molecule has 2 heterocycles. The van der Waals surface area contributed by atoms with Crippen LogP contribution in [0.1, 0.15) is 37.7 Å². The highest BCUT2D eigenvalue weighted by Gasteiger charge is 2.41. The lowest BCUT2D eigenvalue weighted by atomic mass is 9.64. The molecule has 7 heteroatoms. The predicted octanol–water partition coefficient (Wildman–Crippen LogP) is 2.82. The van der Waals surface area contributed by atoms with E-state index in [-0.39, 0.29) is 17.5 Å². The van der Waals surface area contributed by atoms with Crippen LogP contribution in [0.25, 0.3) is 0 Å². The van der Waals surface area contributed by atoms with Crippen LogP contribution in [0.5, 0.6) is 5.75 Å². The lowest BCUT2D eigenvalue weighted by molar-refractivity contribution is 0.208. The number of benzene rings is 1. The Balaban J connectivity index is 1.33. The fourth-order valence-electron chi connectivity index (χ4n) is 4.61. The van der Waals surface area contributed by atoms with E-state index in [2.05, 4.69) is 26.7 Å². The molecule has 4 rings (SSSR count). The van der Waals surface area contributed by atoms with Gasteiger partial charge in [-0.15, -0.1) is 0 Å². The van der Waals surface area contributed by atoms with Crippen LogP contribution in [0, 0.1) is 0 Å². The van der Waals surface area contributed by atoms with Crippen LogP contribution in [0.15, 0.2) is 36.7 Å². The molecule has 1 unspecified atom stereocenters. The largest absolute Gasteiger partial charge is 0.496 e. The van der Waals surface area contributed by atoms with E-state index in [0.29, 0.717) is 6.54 Å². The van der Waals surface area contributed by atoms with Gasteiger partial charge in [-0.05, 0) is 31.7 Å². The summed E-state index contributed by atoms with van der Waals surface area (Å²) in [6.45, 7) is 2.46. The molecule has 0 spiro atoms. The van der Waals surface area contributed by atoms with Crippen LogP contribution >= 0.6 is 0 Å². The van der Waals surface area contributed by atoms with Crippen LogP contribution in [-0.4, -0.2) is 48.6 Å². The molecule has 0 radical (unpaired) electrons. The summed E-state index contributed by atoms with van der Waals surface area (Å²) in [7, 11) is 3.64. The van der Waals surface area contributed by atoms with E-state index < -0.39 is 0 Å². The highest BCUT2D eigenvalue weighted by atomic mass is 16.5. The third kappa shape index (κ3) is 4.18. The SMILES string of the molecule is COc1ccccc1C1(CNC(=O)NC2CCCN(c3cnn(C)c3)C2)CCC1. The lowest BCUT2D eigenvalue weighted by Gasteiger charge is -2.43. The average Bonchev–Trinajstić information content (AvgIpc) is 3.14. The normalized spacial score (nSPS) is 20.6. The number of ether oxygens (including phenoxy) is 1. The van der Waals surface area contributed by atoms with Crippen molar-refractivity contribution in [2.45, 2.75) is 43.6 Å². The molecule has 156 valence electrons. The first kappa shape index (κ1) is 19.6. The van der Waals surface area contributed by atoms with Gasteiger partial charge in [0.25, 0.3) is 0 Å². The number of hydrogen-bond acceptors (Lipinski definition) is 4. The van der Waals surface area contributed by atoms with Gasteiger partial charge in [-0.25, -0.2) is 4.79 Å². The number of nitrogens with one attached hydrogen (secondary N) is 2. The summed E-state index contributed by atoms with van der Waals surface area (Å²) in [4.78, 5) is 14.9. The Morgan fingerprint density at radius 3 is 2.83 bits per heavy atom. The summed E-state index contributed by atoms with van der Waals surface area (Å²) >= 11 is 0. The van der Waals surface area contributed by atoms with Crippen molar-refractivity contribution in [3.05, 3.63) is 42.2 Å². The second-order valence-corrected chi connectivity index (χ2v) is 8.32. The van der Waals surface area contributed by atoms with Gasteiger partial charge in [-0.1, -0.05) is 24.6 Å². The predicted molar refractivity (Wildman–Crippen MR) is 114 cm³/mol. The molecule has 2 N–H and O–H groups in total. The molecule has 1 saturated heterocycles. The molecule has 1 aliphatic heterocycles. The maximum atomic E-state index is 12.6. The molecule has 1 saturated carbocycles. The number of rotatable bonds is 6. The molecule has 2 amide bonds. The number of hydrogen-bond donors (Lipinski definition) is 2. The fraction of sp³-hybridized carbons (Fsp3) is 0.545. The minimum Gasteiger partial charge on any atom is -0.496 e. The van der Waals surface area contributed by atoms with Crippen molar-refractivity contribution >= 4 is 11.7 Å². The highest BCUT2D eigenvalue weighted by molar-refractivity contribution is 5.74. The van der Waals surface area contributed by atoms with Crippen LogP contribution in [0.3, 0.4) is 0 Å². The summed E-state index contributed by atoms with van der Waals surface area (Å²) in [5, 5.41) is 10.6. The van der Waals surface area contributed by atoms with Gasteiger partial charge in [0, 0.05) is 49.9 Å². The summed E-state index contributed by atoms with van der Waals surface area (Å²) in [6, 6.07) is 8.24. The maximum Gasteiger partial charge on any atom is 0.315 e. The number of carbonyl (C=O) groups is 1. The minimum absolute atomic E-state index is 0.0156. The second-order valence-electron chi connectivity index (χ2n) is 8.32. The zero-order chi connectivity index (χ0) is 20.3. The van der Waals surface area contributed by atoms with Crippen LogP contribution in [0.4, 0.5) is 10.5 Å². The Morgan fingerprint density at radius 2 is 2.14 bits per heavy atom. The Hall–Kier alpha value is -2.70. The Morgan fingerprint density at radius 1 is 1.31 bits per heavy atom. The molecular formula is C22H31N5O2. The quantitative estimate of drug-likeness (QED) is 0.786. The number of carbonyl (C=O) groups excluding carboxylic acids is 1. The van der Waals surface area contributed by atoms with Gasteiger partial charge in [-0.2, -0.15) is 5.10 Å². The third-order valence-electron chi connectivity index (χ3n) is 6.39. The number of amides is 2. The molecule has 7 nitrogen and oxygen atoms in total. The average molecular weight is 398 g/mol. The van der Waals surface area contributed by atoms with E-state index in [9.17, 15) is 4.79 Å². The van der Waals surface area contributed by atoms with Gasteiger partial charge < -0.3 is 20.3 Å². The van der Waals surface area contributed by atoms with Crippen molar-refractivity contribution in [3.63, 3.8) is 0 Å². The van der Waals surface area contributed by atoms with E-state index in [4.69, 9.17) is 4.74 Å². The van der Waals surface area contributed by atoms with Gasteiger partial charge >= 0.3 is 6.03 Å². The number of piperidine rings is 1. The van der Waals surface area contributed by atoms with E-state index in [1.54, 1.807) is 7.11 Å². The molecular weight excluding hydrogens is 366 g/mol. The standard InChI is InChI=1S/C22H31N5O2/c1-26-15-18(13-24-26)27-12-5-7-17(14-27)25-21(28)23-16-22(10-6-11-22)19-8-3-4-9-20(19)29-2/h3-4,8-9,13,15,17H,5-7,10-12,14,16H2,1-2H3,(H2,23,25,28). The molecule has 1 aliphatic carbocycles. The molecule has 1 aromatic heterocycles. The molecule has 2 aliphatic rings. The zero-order valence-corrected chi connectivity index (χ0v) is 17.4. The third-order valence-corrected chi connectivity index (χ3v) is 6.39. The van der Waals surface area contributed by atoms with E-state index in [1.165, 1.54) is 12.0 Å². The Kier molecular flexibility index (Phi) is 5.65.